The van der Waals surface area contributed by atoms with Gasteiger partial charge in [0.15, 0.2) is 0 Å². The van der Waals surface area contributed by atoms with Crippen molar-refractivity contribution < 1.29 is 4.79 Å². The van der Waals surface area contributed by atoms with E-state index < -0.39 is 0 Å². The summed E-state index contributed by atoms with van der Waals surface area (Å²) in [4.78, 5) is 13.3. The van der Waals surface area contributed by atoms with Crippen LogP contribution in [0.3, 0.4) is 0 Å². The third-order valence-corrected chi connectivity index (χ3v) is 3.10. The number of nitrogens with one attached hydrogen (secondary N) is 1. The van der Waals surface area contributed by atoms with E-state index in [4.69, 9.17) is 17.3 Å². The van der Waals surface area contributed by atoms with Crippen LogP contribution in [0.5, 0.6) is 0 Å². The first kappa shape index (κ1) is 12.0. The molecule has 0 atom stereocenters. The topological polar surface area (TPSA) is 58.4 Å². The molecule has 1 saturated carbocycles. The standard InChI is InChI=1S/C12H16ClN3O/c1-16(12(17)15-10-3-4-10)7-8-6-9(14)2-5-11(8)13/h2,5-6,10H,3-4,7,14H2,1H3,(H,15,17). The maximum atomic E-state index is 11.7. The number of hydrogen-bond acceptors (Lipinski definition) is 2. The third kappa shape index (κ3) is 3.27. The monoisotopic (exact) mass is 253 g/mol. The van der Waals surface area contributed by atoms with E-state index in [0.29, 0.717) is 23.3 Å². The van der Waals surface area contributed by atoms with Gasteiger partial charge in [0.25, 0.3) is 0 Å². The molecule has 3 N–H and O–H groups in total. The fourth-order valence-electron chi connectivity index (χ4n) is 1.56. The molecule has 1 aliphatic rings. The molecule has 1 fully saturated rings. The van der Waals surface area contributed by atoms with Gasteiger partial charge in [0.2, 0.25) is 0 Å². The maximum absolute atomic E-state index is 11.7. The zero-order valence-corrected chi connectivity index (χ0v) is 10.5. The molecule has 0 aliphatic heterocycles. The zero-order chi connectivity index (χ0) is 12.4. The van der Waals surface area contributed by atoms with Crippen molar-refractivity contribution in [3.63, 3.8) is 0 Å². The van der Waals surface area contributed by atoms with E-state index >= 15 is 0 Å². The van der Waals surface area contributed by atoms with Crippen LogP contribution in [0.2, 0.25) is 5.02 Å². The average Bonchev–Trinajstić information content (AvgIpc) is 3.07. The molecule has 0 heterocycles. The van der Waals surface area contributed by atoms with Gasteiger partial charge in [0.05, 0.1) is 0 Å². The molecule has 0 saturated heterocycles. The molecular weight excluding hydrogens is 238 g/mol. The van der Waals surface area contributed by atoms with Crippen LogP contribution in [-0.4, -0.2) is 24.0 Å². The van der Waals surface area contributed by atoms with Crippen molar-refractivity contribution in [2.24, 2.45) is 0 Å². The van der Waals surface area contributed by atoms with Gasteiger partial charge in [-0.05, 0) is 36.6 Å². The van der Waals surface area contributed by atoms with Crippen molar-refractivity contribution in [2.45, 2.75) is 25.4 Å². The first-order valence-electron chi connectivity index (χ1n) is 5.62. The number of nitrogens with zero attached hydrogens (tertiary/aromatic N) is 1. The lowest BCUT2D eigenvalue weighted by Gasteiger charge is -2.18. The molecule has 0 aromatic heterocycles. The van der Waals surface area contributed by atoms with Gasteiger partial charge in [-0.15, -0.1) is 0 Å². The Morgan fingerprint density at radius 3 is 2.94 bits per heavy atom. The highest BCUT2D eigenvalue weighted by Crippen LogP contribution is 2.21. The number of urea groups is 1. The molecule has 0 radical (unpaired) electrons. The van der Waals surface area contributed by atoms with Crippen molar-refractivity contribution in [3.8, 4) is 0 Å². The van der Waals surface area contributed by atoms with E-state index in [0.717, 1.165) is 18.4 Å². The van der Waals surface area contributed by atoms with Gasteiger partial charge in [0.1, 0.15) is 0 Å². The van der Waals surface area contributed by atoms with Crippen LogP contribution in [0.4, 0.5) is 10.5 Å². The van der Waals surface area contributed by atoms with Crippen LogP contribution in [0, 0.1) is 0 Å². The van der Waals surface area contributed by atoms with Crippen LogP contribution in [-0.2, 0) is 6.54 Å². The molecule has 1 aromatic rings. The Labute approximate surface area is 106 Å². The van der Waals surface area contributed by atoms with Gasteiger partial charge in [-0.3, -0.25) is 0 Å². The summed E-state index contributed by atoms with van der Waals surface area (Å²) in [6.45, 7) is 0.461. The van der Waals surface area contributed by atoms with Crippen molar-refractivity contribution in [1.82, 2.24) is 10.2 Å². The molecule has 0 unspecified atom stereocenters. The summed E-state index contributed by atoms with van der Waals surface area (Å²) in [7, 11) is 1.75. The van der Waals surface area contributed by atoms with Crippen molar-refractivity contribution in [2.75, 3.05) is 12.8 Å². The number of nitrogen functional groups attached to an aromatic ring is 1. The van der Waals surface area contributed by atoms with Crippen molar-refractivity contribution in [1.29, 1.82) is 0 Å². The summed E-state index contributed by atoms with van der Waals surface area (Å²) in [5, 5.41) is 3.55. The highest BCUT2D eigenvalue weighted by molar-refractivity contribution is 6.31. The van der Waals surface area contributed by atoms with E-state index in [-0.39, 0.29) is 6.03 Å². The number of carbonyl (C=O) groups excluding carboxylic acids is 1. The Kier molecular flexibility index (Phi) is 3.43. The largest absolute Gasteiger partial charge is 0.399 e. The SMILES string of the molecule is CN(Cc1cc(N)ccc1Cl)C(=O)NC1CC1. The predicted molar refractivity (Wildman–Crippen MR) is 68.9 cm³/mol. The fourth-order valence-corrected chi connectivity index (χ4v) is 1.73. The summed E-state index contributed by atoms with van der Waals surface area (Å²) >= 11 is 6.05. The lowest BCUT2D eigenvalue weighted by atomic mass is 10.2. The van der Waals surface area contributed by atoms with Crippen molar-refractivity contribution >= 4 is 23.3 Å². The quantitative estimate of drug-likeness (QED) is 0.812. The number of benzene rings is 1. The summed E-state index contributed by atoms with van der Waals surface area (Å²) in [6, 6.07) is 5.59. The summed E-state index contributed by atoms with van der Waals surface area (Å²) in [5.41, 5.74) is 7.21. The van der Waals surface area contributed by atoms with Crippen LogP contribution < -0.4 is 11.1 Å². The van der Waals surface area contributed by atoms with Gasteiger partial charge in [-0.1, -0.05) is 11.6 Å². The Morgan fingerprint density at radius 1 is 1.59 bits per heavy atom. The molecule has 0 spiro atoms. The second-order valence-corrected chi connectivity index (χ2v) is 4.84. The van der Waals surface area contributed by atoms with Gasteiger partial charge in [-0.2, -0.15) is 0 Å². The number of carbonyl (C=O) groups is 1. The van der Waals surface area contributed by atoms with Crippen molar-refractivity contribution in [3.05, 3.63) is 28.8 Å². The van der Waals surface area contributed by atoms with Gasteiger partial charge in [-0.25, -0.2) is 4.79 Å². The second-order valence-electron chi connectivity index (χ2n) is 4.43. The lowest BCUT2D eigenvalue weighted by Crippen LogP contribution is -2.38. The minimum absolute atomic E-state index is 0.0639. The highest BCUT2D eigenvalue weighted by Gasteiger charge is 2.24. The van der Waals surface area contributed by atoms with Crippen LogP contribution in [0.25, 0.3) is 0 Å². The molecule has 2 amide bonds. The minimum atomic E-state index is -0.0639. The highest BCUT2D eigenvalue weighted by atomic mass is 35.5. The first-order chi connectivity index (χ1) is 8.06. The molecule has 0 bridgehead atoms. The Morgan fingerprint density at radius 2 is 2.29 bits per heavy atom. The third-order valence-electron chi connectivity index (χ3n) is 2.73. The van der Waals surface area contributed by atoms with E-state index in [1.54, 1.807) is 30.1 Å². The molecule has 5 heteroatoms. The molecule has 92 valence electrons. The molecule has 2 rings (SSSR count). The van der Waals surface area contributed by atoms with E-state index in [9.17, 15) is 4.79 Å². The minimum Gasteiger partial charge on any atom is -0.399 e. The molecule has 1 aliphatic carbocycles. The molecular formula is C12H16ClN3O. The summed E-state index contributed by atoms with van der Waals surface area (Å²) in [6.07, 6.45) is 2.16. The molecule has 1 aromatic carbocycles. The second kappa shape index (κ2) is 4.84. The number of nitrogens with two attached hydrogens (primary N) is 1. The van der Waals surface area contributed by atoms with Crippen LogP contribution >= 0.6 is 11.6 Å². The lowest BCUT2D eigenvalue weighted by molar-refractivity contribution is 0.206. The number of amides is 2. The number of halogens is 1. The van der Waals surface area contributed by atoms with Gasteiger partial charge < -0.3 is 16.0 Å². The fraction of sp³-hybridized carbons (Fsp3) is 0.417. The van der Waals surface area contributed by atoms with E-state index in [1.807, 2.05) is 0 Å². The van der Waals surface area contributed by atoms with Crippen LogP contribution in [0.1, 0.15) is 18.4 Å². The van der Waals surface area contributed by atoms with Gasteiger partial charge >= 0.3 is 6.03 Å². The smallest absolute Gasteiger partial charge is 0.317 e. The zero-order valence-electron chi connectivity index (χ0n) is 9.74. The summed E-state index contributed by atoms with van der Waals surface area (Å²) < 4.78 is 0. The number of anilines is 1. The Bertz CT molecular complexity index is 432. The summed E-state index contributed by atoms with van der Waals surface area (Å²) in [5.74, 6) is 0. The number of hydrogen-bond donors (Lipinski definition) is 2. The molecule has 17 heavy (non-hydrogen) atoms. The van der Waals surface area contributed by atoms with E-state index in [1.165, 1.54) is 0 Å². The van der Waals surface area contributed by atoms with Crippen LogP contribution in [0.15, 0.2) is 18.2 Å². The van der Waals surface area contributed by atoms with E-state index in [2.05, 4.69) is 5.32 Å². The Hall–Kier alpha value is -1.42. The molecule has 4 nitrogen and oxygen atoms in total. The van der Waals surface area contributed by atoms with Gasteiger partial charge in [0, 0.05) is 30.3 Å². The predicted octanol–water partition coefficient (Wildman–Crippen LogP) is 2.23. The average molecular weight is 254 g/mol. The first-order valence-corrected chi connectivity index (χ1v) is 5.99. The number of rotatable bonds is 3. The maximum Gasteiger partial charge on any atom is 0.317 e. The normalized spacial score (nSPS) is 14.5. The Balaban J connectivity index is 1.98.